The third-order valence-corrected chi connectivity index (χ3v) is 2.92. The SMILES string of the molecule is COc1cccc(CC(C(C)=O)C(C)C)c1. The Morgan fingerprint density at radius 3 is 2.56 bits per heavy atom. The Balaban J connectivity index is 2.81. The van der Waals surface area contributed by atoms with Gasteiger partial charge >= 0.3 is 0 Å². The van der Waals surface area contributed by atoms with E-state index in [4.69, 9.17) is 4.74 Å². The maximum Gasteiger partial charge on any atom is 0.133 e. The summed E-state index contributed by atoms with van der Waals surface area (Å²) in [7, 11) is 1.66. The van der Waals surface area contributed by atoms with E-state index in [0.717, 1.165) is 17.7 Å². The van der Waals surface area contributed by atoms with Gasteiger partial charge in [-0.25, -0.2) is 0 Å². The number of Topliss-reactive ketones (excluding diaryl/α,β-unsaturated/α-hetero) is 1. The molecule has 2 heteroatoms. The van der Waals surface area contributed by atoms with Crippen molar-refractivity contribution < 1.29 is 9.53 Å². The minimum Gasteiger partial charge on any atom is -0.497 e. The summed E-state index contributed by atoms with van der Waals surface area (Å²) >= 11 is 0. The molecule has 0 saturated carbocycles. The zero-order chi connectivity index (χ0) is 12.1. The predicted octanol–water partition coefficient (Wildman–Crippen LogP) is 3.10. The summed E-state index contributed by atoms with van der Waals surface area (Å²) in [5.74, 6) is 1.59. The molecule has 1 aromatic carbocycles. The molecule has 0 aliphatic heterocycles. The third-order valence-electron chi connectivity index (χ3n) is 2.92. The van der Waals surface area contributed by atoms with Crippen LogP contribution in [-0.2, 0) is 11.2 Å². The van der Waals surface area contributed by atoms with Crippen molar-refractivity contribution in [2.45, 2.75) is 27.2 Å². The summed E-state index contributed by atoms with van der Waals surface area (Å²) in [6, 6.07) is 7.92. The van der Waals surface area contributed by atoms with E-state index in [1.54, 1.807) is 14.0 Å². The Bertz CT molecular complexity index is 356. The van der Waals surface area contributed by atoms with Gasteiger partial charge in [-0.3, -0.25) is 4.79 Å². The molecule has 1 atom stereocenters. The summed E-state index contributed by atoms with van der Waals surface area (Å²) in [6.45, 7) is 5.85. The van der Waals surface area contributed by atoms with Crippen molar-refractivity contribution >= 4 is 5.78 Å². The molecule has 0 fully saturated rings. The first kappa shape index (κ1) is 12.8. The van der Waals surface area contributed by atoms with Gasteiger partial charge in [0.25, 0.3) is 0 Å². The molecule has 0 aliphatic carbocycles. The molecule has 0 heterocycles. The van der Waals surface area contributed by atoms with Crippen LogP contribution in [0, 0.1) is 11.8 Å². The fourth-order valence-electron chi connectivity index (χ4n) is 1.90. The maximum atomic E-state index is 11.5. The molecular formula is C14H20O2. The molecule has 1 rings (SSSR count). The highest BCUT2D eigenvalue weighted by Crippen LogP contribution is 2.21. The fourth-order valence-corrected chi connectivity index (χ4v) is 1.90. The number of carbonyl (C=O) groups excluding carboxylic acids is 1. The zero-order valence-electron chi connectivity index (χ0n) is 10.5. The highest BCUT2D eigenvalue weighted by molar-refractivity contribution is 5.78. The van der Waals surface area contributed by atoms with Crippen LogP contribution in [0.1, 0.15) is 26.3 Å². The van der Waals surface area contributed by atoms with Crippen molar-refractivity contribution in [3.05, 3.63) is 29.8 Å². The molecule has 1 unspecified atom stereocenters. The van der Waals surface area contributed by atoms with Crippen molar-refractivity contribution in [1.82, 2.24) is 0 Å². The van der Waals surface area contributed by atoms with Gasteiger partial charge in [0.1, 0.15) is 11.5 Å². The molecule has 0 saturated heterocycles. The lowest BCUT2D eigenvalue weighted by atomic mass is 9.86. The largest absolute Gasteiger partial charge is 0.497 e. The molecule has 0 aromatic heterocycles. The van der Waals surface area contributed by atoms with E-state index < -0.39 is 0 Å². The molecule has 0 spiro atoms. The lowest BCUT2D eigenvalue weighted by molar-refractivity contribution is -0.121. The Morgan fingerprint density at radius 1 is 1.38 bits per heavy atom. The molecule has 0 bridgehead atoms. The Hall–Kier alpha value is -1.31. The van der Waals surface area contributed by atoms with Crippen LogP contribution in [0.4, 0.5) is 0 Å². The number of ketones is 1. The van der Waals surface area contributed by atoms with Crippen LogP contribution in [0.25, 0.3) is 0 Å². The van der Waals surface area contributed by atoms with E-state index in [2.05, 4.69) is 13.8 Å². The quantitative estimate of drug-likeness (QED) is 0.762. The molecule has 0 aliphatic rings. The van der Waals surface area contributed by atoms with E-state index >= 15 is 0 Å². The van der Waals surface area contributed by atoms with Gasteiger partial charge in [-0.2, -0.15) is 0 Å². The minimum atomic E-state index is 0.104. The number of methoxy groups -OCH3 is 1. The number of hydrogen-bond donors (Lipinski definition) is 0. The second-order valence-corrected chi connectivity index (χ2v) is 4.52. The second-order valence-electron chi connectivity index (χ2n) is 4.52. The van der Waals surface area contributed by atoms with Crippen LogP contribution in [-0.4, -0.2) is 12.9 Å². The number of rotatable bonds is 5. The van der Waals surface area contributed by atoms with Crippen LogP contribution in [0.5, 0.6) is 5.75 Å². The van der Waals surface area contributed by atoms with E-state index in [0.29, 0.717) is 5.92 Å². The van der Waals surface area contributed by atoms with Gasteiger partial charge in [-0.05, 0) is 37.0 Å². The molecule has 0 N–H and O–H groups in total. The molecule has 2 nitrogen and oxygen atoms in total. The van der Waals surface area contributed by atoms with Crippen molar-refractivity contribution in [1.29, 1.82) is 0 Å². The summed E-state index contributed by atoms with van der Waals surface area (Å²) in [6.07, 6.45) is 0.796. The van der Waals surface area contributed by atoms with Crippen molar-refractivity contribution in [3.63, 3.8) is 0 Å². The summed E-state index contributed by atoms with van der Waals surface area (Å²) in [5, 5.41) is 0. The topological polar surface area (TPSA) is 26.3 Å². The van der Waals surface area contributed by atoms with Crippen molar-refractivity contribution in [2.75, 3.05) is 7.11 Å². The van der Waals surface area contributed by atoms with Gasteiger partial charge in [0.15, 0.2) is 0 Å². The van der Waals surface area contributed by atoms with Gasteiger partial charge in [-0.1, -0.05) is 26.0 Å². The fraction of sp³-hybridized carbons (Fsp3) is 0.500. The smallest absolute Gasteiger partial charge is 0.133 e. The second kappa shape index (κ2) is 5.69. The lowest BCUT2D eigenvalue weighted by Crippen LogP contribution is -2.20. The van der Waals surface area contributed by atoms with Crippen LogP contribution >= 0.6 is 0 Å². The van der Waals surface area contributed by atoms with Crippen LogP contribution in [0.3, 0.4) is 0 Å². The Labute approximate surface area is 97.6 Å². The Morgan fingerprint density at radius 2 is 2.06 bits per heavy atom. The van der Waals surface area contributed by atoms with E-state index in [-0.39, 0.29) is 11.7 Å². The highest BCUT2D eigenvalue weighted by Gasteiger charge is 2.18. The first-order valence-electron chi connectivity index (χ1n) is 5.68. The molecule has 0 radical (unpaired) electrons. The van der Waals surface area contributed by atoms with Crippen molar-refractivity contribution in [3.8, 4) is 5.75 Å². The summed E-state index contributed by atoms with van der Waals surface area (Å²) < 4.78 is 5.17. The molecule has 16 heavy (non-hydrogen) atoms. The Kier molecular flexibility index (Phi) is 4.53. The minimum absolute atomic E-state index is 0.104. The highest BCUT2D eigenvalue weighted by atomic mass is 16.5. The lowest BCUT2D eigenvalue weighted by Gasteiger charge is -2.17. The third kappa shape index (κ3) is 3.37. The number of benzene rings is 1. The first-order chi connectivity index (χ1) is 7.54. The summed E-state index contributed by atoms with van der Waals surface area (Å²) in [5.41, 5.74) is 1.16. The molecule has 88 valence electrons. The standard InChI is InChI=1S/C14H20O2/c1-10(2)14(11(3)15)9-12-6-5-7-13(8-12)16-4/h5-8,10,14H,9H2,1-4H3. The molecule has 0 amide bonds. The molecule has 1 aromatic rings. The van der Waals surface area contributed by atoms with Gasteiger partial charge < -0.3 is 4.74 Å². The number of hydrogen-bond acceptors (Lipinski definition) is 2. The normalized spacial score (nSPS) is 12.6. The number of ether oxygens (including phenoxy) is 1. The van der Waals surface area contributed by atoms with Gasteiger partial charge in [-0.15, -0.1) is 0 Å². The molecular weight excluding hydrogens is 200 g/mol. The van der Waals surface area contributed by atoms with E-state index in [1.807, 2.05) is 24.3 Å². The van der Waals surface area contributed by atoms with E-state index in [9.17, 15) is 4.79 Å². The average molecular weight is 220 g/mol. The predicted molar refractivity (Wildman–Crippen MR) is 65.7 cm³/mol. The van der Waals surface area contributed by atoms with Crippen LogP contribution in [0.15, 0.2) is 24.3 Å². The average Bonchev–Trinajstić information content (AvgIpc) is 2.25. The first-order valence-corrected chi connectivity index (χ1v) is 5.68. The van der Waals surface area contributed by atoms with Crippen LogP contribution < -0.4 is 4.74 Å². The van der Waals surface area contributed by atoms with Crippen molar-refractivity contribution in [2.24, 2.45) is 11.8 Å². The van der Waals surface area contributed by atoms with E-state index in [1.165, 1.54) is 0 Å². The number of carbonyl (C=O) groups is 1. The van der Waals surface area contributed by atoms with Crippen LogP contribution in [0.2, 0.25) is 0 Å². The van der Waals surface area contributed by atoms with Gasteiger partial charge in [0.05, 0.1) is 7.11 Å². The van der Waals surface area contributed by atoms with Gasteiger partial charge in [0, 0.05) is 5.92 Å². The zero-order valence-corrected chi connectivity index (χ0v) is 10.5. The maximum absolute atomic E-state index is 11.5. The van der Waals surface area contributed by atoms with Gasteiger partial charge in [0.2, 0.25) is 0 Å². The summed E-state index contributed by atoms with van der Waals surface area (Å²) in [4.78, 5) is 11.5. The monoisotopic (exact) mass is 220 g/mol.